The van der Waals surface area contributed by atoms with E-state index in [1.807, 2.05) is 0 Å². The van der Waals surface area contributed by atoms with Gasteiger partial charge in [0.1, 0.15) is 0 Å². The lowest BCUT2D eigenvalue weighted by Crippen LogP contribution is -2.36. The van der Waals surface area contributed by atoms with Crippen LogP contribution in [0, 0.1) is 0 Å². The van der Waals surface area contributed by atoms with Crippen LogP contribution in [0.5, 0.6) is 0 Å². The Bertz CT molecular complexity index is 738. The highest BCUT2D eigenvalue weighted by Crippen LogP contribution is 2.31. The van der Waals surface area contributed by atoms with Gasteiger partial charge in [-0.15, -0.1) is 0 Å². The van der Waals surface area contributed by atoms with Gasteiger partial charge in [0.25, 0.3) is 0 Å². The highest BCUT2D eigenvalue weighted by Gasteiger charge is 2.28. The van der Waals surface area contributed by atoms with Crippen LogP contribution in [0.4, 0.5) is 11.4 Å². The minimum Gasteiger partial charge on any atom is -0.396 e. The molecule has 2 amide bonds. The molecule has 0 saturated carbocycles. The maximum atomic E-state index is 11.9. The first-order valence-corrected chi connectivity index (χ1v) is 9.34. The Kier molecular flexibility index (Phi) is 6.03. The molecular weight excluding hydrogens is 358 g/mol. The van der Waals surface area contributed by atoms with Crippen molar-refractivity contribution in [3.63, 3.8) is 0 Å². The van der Waals surface area contributed by atoms with Crippen LogP contribution in [0.3, 0.4) is 0 Å². The van der Waals surface area contributed by atoms with E-state index >= 15 is 0 Å². The SMILES string of the molecule is O=C(NCCCO)C(=O)Nc1ccc(N2CCCS2(=O)=O)cc1Cl. The largest absolute Gasteiger partial charge is 0.396 e. The van der Waals surface area contributed by atoms with E-state index in [4.69, 9.17) is 16.7 Å². The zero-order valence-corrected chi connectivity index (χ0v) is 14.4. The number of halogens is 1. The maximum Gasteiger partial charge on any atom is 0.313 e. The Morgan fingerprint density at radius 1 is 1.29 bits per heavy atom. The van der Waals surface area contributed by atoms with Crippen molar-refractivity contribution in [2.75, 3.05) is 35.1 Å². The predicted molar refractivity (Wildman–Crippen MR) is 90.5 cm³/mol. The summed E-state index contributed by atoms with van der Waals surface area (Å²) in [5.41, 5.74) is 0.627. The van der Waals surface area contributed by atoms with Gasteiger partial charge in [0, 0.05) is 19.7 Å². The summed E-state index contributed by atoms with van der Waals surface area (Å²) in [5, 5.41) is 13.5. The van der Waals surface area contributed by atoms with Crippen LogP contribution < -0.4 is 14.9 Å². The summed E-state index contributed by atoms with van der Waals surface area (Å²) >= 11 is 6.08. The summed E-state index contributed by atoms with van der Waals surface area (Å²) in [5.74, 6) is -1.64. The van der Waals surface area contributed by atoms with Crippen molar-refractivity contribution in [2.24, 2.45) is 0 Å². The molecule has 0 spiro atoms. The zero-order valence-electron chi connectivity index (χ0n) is 12.8. The number of nitrogens with one attached hydrogen (secondary N) is 2. The lowest BCUT2D eigenvalue weighted by atomic mass is 10.2. The molecule has 3 N–H and O–H groups in total. The second-order valence-corrected chi connectivity index (χ2v) is 7.61. The maximum absolute atomic E-state index is 11.9. The standard InChI is InChI=1S/C14H18ClN3O5S/c15-11-9-10(18-6-2-8-24(18,22)23)3-4-12(11)17-14(21)13(20)16-5-1-7-19/h3-4,9,19H,1-2,5-8H2,(H,16,20)(H,17,21). The van der Waals surface area contributed by atoms with Gasteiger partial charge in [0.2, 0.25) is 10.0 Å². The fraction of sp³-hybridized carbons (Fsp3) is 0.429. The van der Waals surface area contributed by atoms with Crippen molar-refractivity contribution in [1.82, 2.24) is 5.32 Å². The van der Waals surface area contributed by atoms with E-state index in [2.05, 4.69) is 10.6 Å². The highest BCUT2D eigenvalue weighted by atomic mass is 35.5. The zero-order chi connectivity index (χ0) is 17.7. The number of aliphatic hydroxyl groups excluding tert-OH is 1. The monoisotopic (exact) mass is 375 g/mol. The molecule has 0 radical (unpaired) electrons. The average molecular weight is 376 g/mol. The van der Waals surface area contributed by atoms with Gasteiger partial charge >= 0.3 is 11.8 Å². The Morgan fingerprint density at radius 3 is 2.62 bits per heavy atom. The molecule has 0 unspecified atom stereocenters. The molecule has 1 fully saturated rings. The Balaban J connectivity index is 2.05. The lowest BCUT2D eigenvalue weighted by molar-refractivity contribution is -0.136. The lowest BCUT2D eigenvalue weighted by Gasteiger charge is -2.18. The average Bonchev–Trinajstić information content (AvgIpc) is 2.88. The van der Waals surface area contributed by atoms with Gasteiger partial charge in [-0.2, -0.15) is 0 Å². The summed E-state index contributed by atoms with van der Waals surface area (Å²) in [6.07, 6.45) is 0.894. The van der Waals surface area contributed by atoms with Crippen LogP contribution in [-0.2, 0) is 19.6 Å². The number of aliphatic hydroxyl groups is 1. The van der Waals surface area contributed by atoms with E-state index in [1.54, 1.807) is 0 Å². The van der Waals surface area contributed by atoms with Gasteiger partial charge < -0.3 is 15.7 Å². The van der Waals surface area contributed by atoms with E-state index in [1.165, 1.54) is 22.5 Å². The van der Waals surface area contributed by atoms with Crippen molar-refractivity contribution < 1.29 is 23.1 Å². The number of benzene rings is 1. The molecule has 1 aromatic carbocycles. The number of hydrogen-bond donors (Lipinski definition) is 3. The third kappa shape index (κ3) is 4.37. The number of hydrogen-bond acceptors (Lipinski definition) is 5. The predicted octanol–water partition coefficient (Wildman–Crippen LogP) is 0.317. The van der Waals surface area contributed by atoms with E-state index in [0.29, 0.717) is 25.1 Å². The molecule has 1 aliphatic heterocycles. The first-order valence-electron chi connectivity index (χ1n) is 7.35. The number of carbonyl (C=O) groups is 2. The van der Waals surface area contributed by atoms with Crippen LogP contribution in [0.15, 0.2) is 18.2 Å². The molecule has 132 valence electrons. The second kappa shape index (κ2) is 7.82. The van der Waals surface area contributed by atoms with Gasteiger partial charge in [-0.05, 0) is 31.0 Å². The number of amides is 2. The third-order valence-corrected chi connectivity index (χ3v) is 5.60. The van der Waals surface area contributed by atoms with Gasteiger partial charge in [-0.3, -0.25) is 13.9 Å². The number of sulfonamides is 1. The van der Waals surface area contributed by atoms with E-state index in [9.17, 15) is 18.0 Å². The summed E-state index contributed by atoms with van der Waals surface area (Å²) in [4.78, 5) is 23.3. The van der Waals surface area contributed by atoms with E-state index in [0.717, 1.165) is 0 Å². The molecule has 1 saturated heterocycles. The minimum atomic E-state index is -3.32. The summed E-state index contributed by atoms with van der Waals surface area (Å²) < 4.78 is 25.1. The molecule has 8 nitrogen and oxygen atoms in total. The fourth-order valence-electron chi connectivity index (χ4n) is 2.23. The number of rotatable bonds is 5. The quantitative estimate of drug-likeness (QED) is 0.506. The van der Waals surface area contributed by atoms with Crippen molar-refractivity contribution in [2.45, 2.75) is 12.8 Å². The topological polar surface area (TPSA) is 116 Å². The molecule has 1 aliphatic rings. The molecule has 0 aromatic heterocycles. The van der Waals surface area contributed by atoms with Gasteiger partial charge in [0.15, 0.2) is 0 Å². The Labute approximate surface area is 144 Å². The van der Waals surface area contributed by atoms with Crippen molar-refractivity contribution in [3.05, 3.63) is 23.2 Å². The molecular formula is C14H18ClN3O5S. The smallest absolute Gasteiger partial charge is 0.313 e. The number of carbonyl (C=O) groups excluding carboxylic acids is 2. The van der Waals surface area contributed by atoms with Gasteiger partial charge in [-0.1, -0.05) is 11.6 Å². The molecule has 0 aliphatic carbocycles. The van der Waals surface area contributed by atoms with Crippen LogP contribution in [-0.4, -0.2) is 50.8 Å². The van der Waals surface area contributed by atoms with Crippen LogP contribution in [0.1, 0.15) is 12.8 Å². The highest BCUT2D eigenvalue weighted by molar-refractivity contribution is 7.93. The van der Waals surface area contributed by atoms with E-state index in [-0.39, 0.29) is 29.6 Å². The second-order valence-electron chi connectivity index (χ2n) is 5.19. The van der Waals surface area contributed by atoms with Gasteiger partial charge in [0.05, 0.1) is 22.2 Å². The normalized spacial score (nSPS) is 16.0. The molecule has 0 bridgehead atoms. The van der Waals surface area contributed by atoms with E-state index < -0.39 is 21.8 Å². The molecule has 1 aromatic rings. The van der Waals surface area contributed by atoms with Crippen molar-refractivity contribution in [1.29, 1.82) is 0 Å². The number of anilines is 2. The van der Waals surface area contributed by atoms with Crippen molar-refractivity contribution in [3.8, 4) is 0 Å². The van der Waals surface area contributed by atoms with Gasteiger partial charge in [-0.25, -0.2) is 8.42 Å². The number of nitrogens with zero attached hydrogens (tertiary/aromatic N) is 1. The molecule has 2 rings (SSSR count). The first-order chi connectivity index (χ1) is 11.3. The Hall–Kier alpha value is -1.84. The molecule has 1 heterocycles. The molecule has 10 heteroatoms. The fourth-order valence-corrected chi connectivity index (χ4v) is 4.01. The minimum absolute atomic E-state index is 0.0887. The first kappa shape index (κ1) is 18.5. The summed E-state index contributed by atoms with van der Waals surface area (Å²) in [6, 6.07) is 4.40. The summed E-state index contributed by atoms with van der Waals surface area (Å²) in [6.45, 7) is 0.481. The van der Waals surface area contributed by atoms with Crippen LogP contribution in [0.2, 0.25) is 5.02 Å². The summed E-state index contributed by atoms with van der Waals surface area (Å²) in [7, 11) is -3.32. The van der Waals surface area contributed by atoms with Crippen LogP contribution in [0.25, 0.3) is 0 Å². The molecule has 0 atom stereocenters. The Morgan fingerprint density at radius 2 is 2.04 bits per heavy atom. The third-order valence-electron chi connectivity index (χ3n) is 3.41. The van der Waals surface area contributed by atoms with Crippen molar-refractivity contribution >= 4 is 44.8 Å². The molecule has 24 heavy (non-hydrogen) atoms. The van der Waals surface area contributed by atoms with Crippen LogP contribution >= 0.6 is 11.6 Å².